The van der Waals surface area contributed by atoms with Gasteiger partial charge in [0.1, 0.15) is 5.82 Å². The molecule has 2 heterocycles. The van der Waals surface area contributed by atoms with Gasteiger partial charge >= 0.3 is 0 Å². The van der Waals surface area contributed by atoms with E-state index in [9.17, 15) is 13.6 Å². The largest absolute Gasteiger partial charge is 0.351 e. The lowest BCUT2D eigenvalue weighted by atomic mass is 10.2. The third kappa shape index (κ3) is 2.93. The van der Waals surface area contributed by atoms with E-state index in [1.165, 1.54) is 0 Å². The number of rotatable bonds is 4. The molecule has 0 aliphatic rings. The highest BCUT2D eigenvalue weighted by molar-refractivity contribution is 5.94. The van der Waals surface area contributed by atoms with Crippen molar-refractivity contribution in [1.29, 1.82) is 0 Å². The topological polar surface area (TPSA) is 59.8 Å². The maximum absolute atomic E-state index is 13.3. The molecule has 0 unspecified atom stereocenters. The Kier molecular flexibility index (Phi) is 3.84. The summed E-state index contributed by atoms with van der Waals surface area (Å²) in [6.45, 7) is 0.285. The molecule has 0 atom stereocenters. The summed E-state index contributed by atoms with van der Waals surface area (Å²) < 4.78 is 28.0. The summed E-state index contributed by atoms with van der Waals surface area (Å²) in [5.74, 6) is -2.40. The third-order valence-electron chi connectivity index (χ3n) is 2.65. The van der Waals surface area contributed by atoms with Crippen molar-refractivity contribution in [2.24, 2.45) is 7.05 Å². The minimum absolute atomic E-state index is 0.285. The van der Waals surface area contributed by atoms with Crippen molar-refractivity contribution in [2.45, 2.75) is 6.42 Å². The standard InChI is InChI=1S/C12H12F2N4O/c1-18-7-6-15-9(18)3-5-17-12(19)8-2-4-16-11(14)10(8)13/h2,4,6-7H,3,5H2,1H3,(H,17,19). The predicted octanol–water partition coefficient (Wildman–Crippen LogP) is 1.07. The zero-order valence-electron chi connectivity index (χ0n) is 10.2. The van der Waals surface area contributed by atoms with E-state index in [1.807, 2.05) is 11.6 Å². The molecule has 0 radical (unpaired) electrons. The summed E-state index contributed by atoms with van der Waals surface area (Å²) in [4.78, 5) is 18.9. The van der Waals surface area contributed by atoms with Crippen LogP contribution < -0.4 is 5.32 Å². The lowest BCUT2D eigenvalue weighted by Gasteiger charge is -2.06. The van der Waals surface area contributed by atoms with Crippen LogP contribution in [0.25, 0.3) is 0 Å². The average molecular weight is 266 g/mol. The summed E-state index contributed by atoms with van der Waals surface area (Å²) in [5.41, 5.74) is -0.354. The summed E-state index contributed by atoms with van der Waals surface area (Å²) >= 11 is 0. The van der Waals surface area contributed by atoms with Gasteiger partial charge in [0.15, 0.2) is 5.82 Å². The number of pyridine rings is 1. The number of amides is 1. The summed E-state index contributed by atoms with van der Waals surface area (Å²) in [6.07, 6.45) is 4.99. The van der Waals surface area contributed by atoms with E-state index in [-0.39, 0.29) is 12.1 Å². The molecule has 0 bridgehead atoms. The van der Waals surface area contributed by atoms with Gasteiger partial charge in [-0.15, -0.1) is 0 Å². The lowest BCUT2D eigenvalue weighted by molar-refractivity contribution is 0.0948. The molecule has 100 valence electrons. The van der Waals surface area contributed by atoms with E-state index in [2.05, 4.69) is 15.3 Å². The summed E-state index contributed by atoms with van der Waals surface area (Å²) in [5, 5.41) is 2.51. The number of nitrogens with one attached hydrogen (secondary N) is 1. The number of nitrogens with zero attached hydrogens (tertiary/aromatic N) is 3. The average Bonchev–Trinajstić information content (AvgIpc) is 2.78. The first-order valence-electron chi connectivity index (χ1n) is 5.64. The van der Waals surface area contributed by atoms with Gasteiger partial charge in [-0.3, -0.25) is 4.79 Å². The number of halogens is 2. The minimum Gasteiger partial charge on any atom is -0.351 e. The van der Waals surface area contributed by atoms with Gasteiger partial charge in [0.25, 0.3) is 5.91 Å². The Hall–Kier alpha value is -2.31. The smallest absolute Gasteiger partial charge is 0.254 e. The Morgan fingerprint density at radius 2 is 2.16 bits per heavy atom. The molecule has 7 heteroatoms. The van der Waals surface area contributed by atoms with Gasteiger partial charge in [0, 0.05) is 38.6 Å². The first-order valence-corrected chi connectivity index (χ1v) is 5.64. The second kappa shape index (κ2) is 5.55. The highest BCUT2D eigenvalue weighted by atomic mass is 19.2. The zero-order chi connectivity index (χ0) is 13.8. The Labute approximate surface area is 108 Å². The van der Waals surface area contributed by atoms with Gasteiger partial charge in [0.2, 0.25) is 5.95 Å². The van der Waals surface area contributed by atoms with Crippen LogP contribution in [0, 0.1) is 11.8 Å². The highest BCUT2D eigenvalue weighted by Gasteiger charge is 2.15. The summed E-state index contributed by atoms with van der Waals surface area (Å²) in [7, 11) is 1.84. The number of aryl methyl sites for hydroxylation is 1. The van der Waals surface area contributed by atoms with Crippen LogP contribution in [0.2, 0.25) is 0 Å². The molecule has 0 fully saturated rings. The predicted molar refractivity (Wildman–Crippen MR) is 63.4 cm³/mol. The van der Waals surface area contributed by atoms with Crippen LogP contribution in [0.1, 0.15) is 16.2 Å². The first kappa shape index (κ1) is 13.1. The van der Waals surface area contributed by atoms with Crippen molar-refractivity contribution < 1.29 is 13.6 Å². The van der Waals surface area contributed by atoms with Crippen molar-refractivity contribution in [3.05, 3.63) is 47.8 Å². The molecule has 1 N–H and O–H groups in total. The Morgan fingerprint density at radius 1 is 1.37 bits per heavy atom. The number of hydrogen-bond donors (Lipinski definition) is 1. The molecule has 0 aliphatic carbocycles. The number of imidazole rings is 1. The van der Waals surface area contributed by atoms with Crippen LogP contribution in [-0.4, -0.2) is 27.0 Å². The SMILES string of the molecule is Cn1ccnc1CCNC(=O)c1ccnc(F)c1F. The number of aromatic nitrogens is 3. The maximum atomic E-state index is 13.3. The minimum atomic E-state index is -1.28. The quantitative estimate of drug-likeness (QED) is 0.842. The van der Waals surface area contributed by atoms with E-state index < -0.39 is 17.7 Å². The molecule has 5 nitrogen and oxygen atoms in total. The molecule has 0 spiro atoms. The fraction of sp³-hybridized carbons (Fsp3) is 0.250. The molecule has 2 rings (SSSR count). The molecular weight excluding hydrogens is 254 g/mol. The van der Waals surface area contributed by atoms with E-state index in [1.54, 1.807) is 12.4 Å². The van der Waals surface area contributed by atoms with E-state index in [0.29, 0.717) is 6.42 Å². The van der Waals surface area contributed by atoms with Crippen LogP contribution in [0.5, 0.6) is 0 Å². The second-order valence-corrected chi connectivity index (χ2v) is 3.92. The first-order chi connectivity index (χ1) is 9.09. The van der Waals surface area contributed by atoms with Crippen LogP contribution in [0.3, 0.4) is 0 Å². The monoisotopic (exact) mass is 266 g/mol. The third-order valence-corrected chi connectivity index (χ3v) is 2.65. The van der Waals surface area contributed by atoms with Crippen molar-refractivity contribution >= 4 is 5.91 Å². The van der Waals surface area contributed by atoms with Gasteiger partial charge < -0.3 is 9.88 Å². The molecule has 0 aliphatic heterocycles. The number of hydrogen-bond acceptors (Lipinski definition) is 3. The van der Waals surface area contributed by atoms with Gasteiger partial charge in [-0.05, 0) is 6.07 Å². The van der Waals surface area contributed by atoms with E-state index in [0.717, 1.165) is 18.1 Å². The lowest BCUT2D eigenvalue weighted by Crippen LogP contribution is -2.27. The fourth-order valence-corrected chi connectivity index (χ4v) is 1.61. The molecule has 0 saturated heterocycles. The molecular formula is C12H12F2N4O. The summed E-state index contributed by atoms with van der Waals surface area (Å²) in [6, 6.07) is 1.13. The van der Waals surface area contributed by atoms with Crippen LogP contribution in [0.15, 0.2) is 24.7 Å². The van der Waals surface area contributed by atoms with E-state index in [4.69, 9.17) is 0 Å². The fourth-order valence-electron chi connectivity index (χ4n) is 1.61. The maximum Gasteiger partial charge on any atom is 0.254 e. The Bertz CT molecular complexity index is 597. The van der Waals surface area contributed by atoms with Crippen LogP contribution in [-0.2, 0) is 13.5 Å². The molecule has 1 amide bonds. The molecule has 2 aromatic heterocycles. The zero-order valence-corrected chi connectivity index (χ0v) is 10.2. The van der Waals surface area contributed by atoms with Crippen molar-refractivity contribution in [2.75, 3.05) is 6.54 Å². The van der Waals surface area contributed by atoms with Crippen molar-refractivity contribution in [3.63, 3.8) is 0 Å². The van der Waals surface area contributed by atoms with Gasteiger partial charge in [-0.2, -0.15) is 4.39 Å². The Morgan fingerprint density at radius 3 is 2.84 bits per heavy atom. The molecule has 2 aromatic rings. The molecule has 19 heavy (non-hydrogen) atoms. The van der Waals surface area contributed by atoms with Crippen LogP contribution >= 0.6 is 0 Å². The van der Waals surface area contributed by atoms with Crippen molar-refractivity contribution in [3.8, 4) is 0 Å². The van der Waals surface area contributed by atoms with Gasteiger partial charge in [-0.25, -0.2) is 14.4 Å². The van der Waals surface area contributed by atoms with Crippen molar-refractivity contribution in [1.82, 2.24) is 19.9 Å². The Balaban J connectivity index is 1.95. The molecule has 0 aromatic carbocycles. The van der Waals surface area contributed by atoms with E-state index >= 15 is 0 Å². The normalized spacial score (nSPS) is 10.5. The number of carbonyl (C=O) groups excluding carboxylic acids is 1. The number of carbonyl (C=O) groups is 1. The van der Waals surface area contributed by atoms with Gasteiger partial charge in [-0.1, -0.05) is 0 Å². The van der Waals surface area contributed by atoms with Gasteiger partial charge in [0.05, 0.1) is 5.56 Å². The second-order valence-electron chi connectivity index (χ2n) is 3.92. The highest BCUT2D eigenvalue weighted by Crippen LogP contribution is 2.08. The van der Waals surface area contributed by atoms with Crippen LogP contribution in [0.4, 0.5) is 8.78 Å². The molecule has 0 saturated carbocycles.